The molecule has 18 heavy (non-hydrogen) atoms. The molecule has 0 radical (unpaired) electrons. The number of carbonyl (C=O) groups is 1. The number of benzene rings is 2. The molecule has 0 saturated carbocycles. The molecule has 0 aromatic heterocycles. The zero-order valence-electron chi connectivity index (χ0n) is 9.83. The molecular weight excluding hydrogens is 264 g/mol. The molecule has 4 heteroatoms. The van der Waals surface area contributed by atoms with Gasteiger partial charge in [0.05, 0.1) is 7.11 Å². The number of ether oxygens (including phenoxy) is 1. The molecule has 0 spiro atoms. The molecule has 2 rings (SSSR count). The van der Waals surface area contributed by atoms with E-state index in [9.17, 15) is 4.79 Å². The number of carbonyl (C=O) groups excluding carboxylic acids is 1. The van der Waals surface area contributed by atoms with Crippen LogP contribution in [0.4, 0.5) is 0 Å². The summed E-state index contributed by atoms with van der Waals surface area (Å²) >= 11 is 0. The number of hydrogen-bond acceptors (Lipinski definition) is 4. The molecule has 0 saturated heterocycles. The first kappa shape index (κ1) is 13.1. The van der Waals surface area contributed by atoms with Gasteiger partial charge in [0.15, 0.2) is 0 Å². The molecule has 0 aliphatic rings. The first-order valence-electron chi connectivity index (χ1n) is 5.35. The van der Waals surface area contributed by atoms with Gasteiger partial charge in [0, 0.05) is 15.4 Å². The summed E-state index contributed by atoms with van der Waals surface area (Å²) in [6, 6.07) is 15.5. The van der Waals surface area contributed by atoms with Crippen molar-refractivity contribution in [1.29, 1.82) is 0 Å². The molecule has 0 N–H and O–H groups in total. The van der Waals surface area contributed by atoms with Crippen LogP contribution in [0.5, 0.6) is 5.75 Å². The second-order valence-electron chi connectivity index (χ2n) is 3.53. The first-order chi connectivity index (χ1) is 8.81. The van der Waals surface area contributed by atoms with Crippen LogP contribution >= 0.6 is 21.6 Å². The summed E-state index contributed by atoms with van der Waals surface area (Å²) in [7, 11) is 5.00. The van der Waals surface area contributed by atoms with E-state index in [4.69, 9.17) is 4.74 Å². The van der Waals surface area contributed by atoms with E-state index in [0.29, 0.717) is 5.56 Å². The maximum absolute atomic E-state index is 10.5. The van der Waals surface area contributed by atoms with E-state index in [2.05, 4.69) is 0 Å². The normalized spacial score (nSPS) is 10.1. The molecule has 0 heterocycles. The van der Waals surface area contributed by atoms with E-state index in [1.54, 1.807) is 28.7 Å². The summed E-state index contributed by atoms with van der Waals surface area (Å²) in [5.41, 5.74) is 0.703. The number of hydrogen-bond donors (Lipinski definition) is 0. The molecule has 0 unspecified atom stereocenters. The third kappa shape index (κ3) is 3.55. The Morgan fingerprint density at radius 1 is 0.889 bits per heavy atom. The second kappa shape index (κ2) is 6.52. The molecule has 2 nitrogen and oxygen atoms in total. The zero-order chi connectivity index (χ0) is 12.8. The van der Waals surface area contributed by atoms with Crippen LogP contribution in [0.25, 0.3) is 0 Å². The van der Waals surface area contributed by atoms with E-state index < -0.39 is 0 Å². The van der Waals surface area contributed by atoms with Crippen molar-refractivity contribution >= 4 is 27.9 Å². The molecule has 2 aromatic carbocycles. The van der Waals surface area contributed by atoms with Crippen molar-refractivity contribution < 1.29 is 9.53 Å². The average molecular weight is 276 g/mol. The molecule has 0 fully saturated rings. The molecule has 92 valence electrons. The third-order valence-electron chi connectivity index (χ3n) is 2.31. The van der Waals surface area contributed by atoms with Crippen LogP contribution in [0.3, 0.4) is 0 Å². The number of methoxy groups -OCH3 is 1. The lowest BCUT2D eigenvalue weighted by molar-refractivity contribution is 0.112. The first-order valence-corrected chi connectivity index (χ1v) is 7.50. The van der Waals surface area contributed by atoms with E-state index in [1.165, 1.54) is 4.90 Å². The topological polar surface area (TPSA) is 26.3 Å². The summed E-state index contributed by atoms with van der Waals surface area (Å²) in [6.45, 7) is 0. The Morgan fingerprint density at radius 3 is 1.83 bits per heavy atom. The predicted octanol–water partition coefficient (Wildman–Crippen LogP) is 4.31. The van der Waals surface area contributed by atoms with E-state index in [1.807, 2.05) is 48.5 Å². The molecule has 0 aliphatic carbocycles. The highest BCUT2D eigenvalue weighted by Crippen LogP contribution is 2.37. The molecular formula is C14H12O2S2. The van der Waals surface area contributed by atoms with Crippen LogP contribution in [0.15, 0.2) is 58.3 Å². The van der Waals surface area contributed by atoms with Crippen molar-refractivity contribution in [2.24, 2.45) is 0 Å². The van der Waals surface area contributed by atoms with Crippen molar-refractivity contribution in [1.82, 2.24) is 0 Å². The van der Waals surface area contributed by atoms with Gasteiger partial charge < -0.3 is 4.74 Å². The number of aldehydes is 1. The minimum absolute atomic E-state index is 0.703. The van der Waals surface area contributed by atoms with Gasteiger partial charge in [-0.1, -0.05) is 33.7 Å². The lowest BCUT2D eigenvalue weighted by atomic mass is 10.2. The van der Waals surface area contributed by atoms with Gasteiger partial charge in [0.1, 0.15) is 12.0 Å². The van der Waals surface area contributed by atoms with E-state index >= 15 is 0 Å². The van der Waals surface area contributed by atoms with Gasteiger partial charge in [-0.25, -0.2) is 0 Å². The lowest BCUT2D eigenvalue weighted by Gasteiger charge is -2.03. The molecule has 0 aliphatic heterocycles. The van der Waals surface area contributed by atoms with Crippen LogP contribution in [0, 0.1) is 0 Å². The Bertz CT molecular complexity index is 506. The highest BCUT2D eigenvalue weighted by molar-refractivity contribution is 8.76. The molecule has 0 atom stereocenters. The van der Waals surface area contributed by atoms with Crippen LogP contribution in [0.1, 0.15) is 10.4 Å². The zero-order valence-corrected chi connectivity index (χ0v) is 11.5. The van der Waals surface area contributed by atoms with Gasteiger partial charge in [-0.3, -0.25) is 4.79 Å². The van der Waals surface area contributed by atoms with Gasteiger partial charge in [-0.2, -0.15) is 0 Å². The maximum atomic E-state index is 10.5. The van der Waals surface area contributed by atoms with Crippen LogP contribution in [-0.2, 0) is 0 Å². The predicted molar refractivity (Wildman–Crippen MR) is 76.5 cm³/mol. The minimum atomic E-state index is 0.703. The molecule has 2 aromatic rings. The Hall–Kier alpha value is -1.39. The van der Waals surface area contributed by atoms with Crippen molar-refractivity contribution in [2.75, 3.05) is 7.11 Å². The quantitative estimate of drug-likeness (QED) is 0.600. The van der Waals surface area contributed by atoms with Crippen molar-refractivity contribution in [3.8, 4) is 5.75 Å². The maximum Gasteiger partial charge on any atom is 0.150 e. The van der Waals surface area contributed by atoms with Gasteiger partial charge in [0.2, 0.25) is 0 Å². The Labute approximate surface area is 114 Å². The van der Waals surface area contributed by atoms with Crippen LogP contribution in [-0.4, -0.2) is 13.4 Å². The Morgan fingerprint density at radius 2 is 1.39 bits per heavy atom. The fraction of sp³-hybridized carbons (Fsp3) is 0.0714. The van der Waals surface area contributed by atoms with E-state index in [0.717, 1.165) is 16.9 Å². The fourth-order valence-corrected chi connectivity index (χ4v) is 3.26. The van der Waals surface area contributed by atoms with Crippen molar-refractivity contribution in [3.05, 3.63) is 54.1 Å². The third-order valence-corrected chi connectivity index (χ3v) is 4.73. The summed E-state index contributed by atoms with van der Waals surface area (Å²) in [4.78, 5) is 12.8. The van der Waals surface area contributed by atoms with E-state index in [-0.39, 0.29) is 0 Å². The summed E-state index contributed by atoms with van der Waals surface area (Å²) in [5.74, 6) is 0.861. The van der Waals surface area contributed by atoms with Gasteiger partial charge in [0.25, 0.3) is 0 Å². The molecule has 0 bridgehead atoms. The molecule has 0 amide bonds. The Balaban J connectivity index is 1.95. The standard InChI is InChI=1S/C14H12O2S2/c1-16-12-4-8-14(9-5-12)18-17-13-6-2-11(10-15)3-7-13/h2-10H,1H3. The summed E-state index contributed by atoms with van der Waals surface area (Å²) in [6.07, 6.45) is 0.852. The Kier molecular flexibility index (Phi) is 4.73. The highest BCUT2D eigenvalue weighted by atomic mass is 33.1. The highest BCUT2D eigenvalue weighted by Gasteiger charge is 1.99. The fourth-order valence-electron chi connectivity index (χ4n) is 1.33. The SMILES string of the molecule is COc1ccc(SSc2ccc(C=O)cc2)cc1. The summed E-state index contributed by atoms with van der Waals surface area (Å²) in [5, 5.41) is 0. The van der Waals surface area contributed by atoms with Crippen molar-refractivity contribution in [3.63, 3.8) is 0 Å². The minimum Gasteiger partial charge on any atom is -0.497 e. The van der Waals surface area contributed by atoms with Crippen LogP contribution < -0.4 is 4.74 Å². The van der Waals surface area contributed by atoms with Gasteiger partial charge in [-0.05, 0) is 36.4 Å². The monoisotopic (exact) mass is 276 g/mol. The largest absolute Gasteiger partial charge is 0.497 e. The summed E-state index contributed by atoms with van der Waals surface area (Å²) < 4.78 is 5.11. The second-order valence-corrected chi connectivity index (χ2v) is 5.81. The smallest absolute Gasteiger partial charge is 0.150 e. The van der Waals surface area contributed by atoms with Crippen LogP contribution in [0.2, 0.25) is 0 Å². The number of rotatable bonds is 5. The lowest BCUT2D eigenvalue weighted by Crippen LogP contribution is -1.80. The average Bonchev–Trinajstić information content (AvgIpc) is 2.46. The van der Waals surface area contributed by atoms with Crippen molar-refractivity contribution in [2.45, 2.75) is 9.79 Å². The van der Waals surface area contributed by atoms with Gasteiger partial charge in [-0.15, -0.1) is 0 Å². The van der Waals surface area contributed by atoms with Gasteiger partial charge >= 0.3 is 0 Å².